The summed E-state index contributed by atoms with van der Waals surface area (Å²) in [4.78, 5) is 26.1. The molecular weight excluding hydrogens is 308 g/mol. The molecule has 0 unspecified atom stereocenters. The van der Waals surface area contributed by atoms with E-state index in [4.69, 9.17) is 9.15 Å². The molecule has 1 aromatic carbocycles. The molecule has 1 fully saturated rings. The number of nitrogens with zero attached hydrogens (tertiary/aromatic N) is 1. The fourth-order valence-electron chi connectivity index (χ4n) is 2.78. The van der Waals surface area contributed by atoms with E-state index >= 15 is 0 Å². The van der Waals surface area contributed by atoms with Crippen molar-refractivity contribution in [1.82, 2.24) is 10.2 Å². The molecule has 0 spiro atoms. The Morgan fingerprint density at radius 3 is 2.79 bits per heavy atom. The van der Waals surface area contributed by atoms with E-state index in [1.54, 1.807) is 30.4 Å². The van der Waals surface area contributed by atoms with Gasteiger partial charge in [0.2, 0.25) is 11.8 Å². The van der Waals surface area contributed by atoms with Crippen LogP contribution in [0.2, 0.25) is 0 Å². The third kappa shape index (κ3) is 3.76. The summed E-state index contributed by atoms with van der Waals surface area (Å²) in [5.74, 6) is 1.05. The Morgan fingerprint density at radius 2 is 2.12 bits per heavy atom. The van der Waals surface area contributed by atoms with Gasteiger partial charge < -0.3 is 19.4 Å². The van der Waals surface area contributed by atoms with Gasteiger partial charge in [0.1, 0.15) is 11.5 Å². The van der Waals surface area contributed by atoms with Crippen molar-refractivity contribution in [3.05, 3.63) is 54.0 Å². The van der Waals surface area contributed by atoms with E-state index in [-0.39, 0.29) is 24.2 Å². The quantitative estimate of drug-likeness (QED) is 0.880. The fraction of sp³-hybridized carbons (Fsp3) is 0.333. The number of carbonyl (C=O) groups is 2. The fourth-order valence-corrected chi connectivity index (χ4v) is 2.78. The summed E-state index contributed by atoms with van der Waals surface area (Å²) >= 11 is 0. The monoisotopic (exact) mass is 328 g/mol. The van der Waals surface area contributed by atoms with Crippen LogP contribution in [0.1, 0.15) is 17.7 Å². The van der Waals surface area contributed by atoms with Crippen LogP contribution in [0.3, 0.4) is 0 Å². The minimum Gasteiger partial charge on any atom is -0.497 e. The minimum atomic E-state index is -0.314. The number of furan rings is 1. The molecule has 1 aliphatic heterocycles. The number of hydrogen-bond acceptors (Lipinski definition) is 4. The van der Waals surface area contributed by atoms with Gasteiger partial charge in [-0.2, -0.15) is 0 Å². The zero-order valence-electron chi connectivity index (χ0n) is 13.5. The number of rotatable bonds is 6. The summed E-state index contributed by atoms with van der Waals surface area (Å²) in [6.45, 7) is 1.29. The summed E-state index contributed by atoms with van der Waals surface area (Å²) in [5.41, 5.74) is 1.01. The van der Waals surface area contributed by atoms with Crippen molar-refractivity contribution >= 4 is 11.8 Å². The van der Waals surface area contributed by atoms with Crippen LogP contribution in [0.4, 0.5) is 0 Å². The highest BCUT2D eigenvalue weighted by atomic mass is 16.5. The maximum absolute atomic E-state index is 12.2. The van der Waals surface area contributed by atoms with Gasteiger partial charge in [-0.3, -0.25) is 9.59 Å². The summed E-state index contributed by atoms with van der Waals surface area (Å²) in [5, 5.41) is 2.82. The van der Waals surface area contributed by atoms with Crippen LogP contribution >= 0.6 is 0 Å². The molecule has 2 amide bonds. The number of benzene rings is 1. The number of carbonyl (C=O) groups excluding carboxylic acids is 2. The Kier molecular flexibility index (Phi) is 4.84. The van der Waals surface area contributed by atoms with Gasteiger partial charge in [0.25, 0.3) is 0 Å². The molecule has 1 aliphatic rings. The third-order valence-electron chi connectivity index (χ3n) is 4.13. The maximum Gasteiger partial charge on any atom is 0.225 e. The molecule has 0 saturated carbocycles. The van der Waals surface area contributed by atoms with Crippen LogP contribution < -0.4 is 10.1 Å². The Morgan fingerprint density at radius 1 is 1.33 bits per heavy atom. The summed E-state index contributed by atoms with van der Waals surface area (Å²) in [7, 11) is 1.62. The molecule has 6 nitrogen and oxygen atoms in total. The second-order valence-corrected chi connectivity index (χ2v) is 5.82. The molecule has 126 valence electrons. The van der Waals surface area contributed by atoms with Crippen molar-refractivity contribution in [1.29, 1.82) is 0 Å². The SMILES string of the molecule is COc1ccc(CN2C[C@H](C(=O)NCc3ccco3)CC2=O)cc1. The smallest absolute Gasteiger partial charge is 0.225 e. The van der Waals surface area contributed by atoms with Crippen molar-refractivity contribution in [2.75, 3.05) is 13.7 Å². The van der Waals surface area contributed by atoms with Crippen LogP contribution in [0, 0.1) is 5.92 Å². The second kappa shape index (κ2) is 7.21. The van der Waals surface area contributed by atoms with Gasteiger partial charge in [-0.25, -0.2) is 0 Å². The number of nitrogens with one attached hydrogen (secondary N) is 1. The van der Waals surface area contributed by atoms with Gasteiger partial charge >= 0.3 is 0 Å². The lowest BCUT2D eigenvalue weighted by Gasteiger charge is -2.17. The Hall–Kier alpha value is -2.76. The Labute approximate surface area is 140 Å². The molecule has 2 aromatic rings. The van der Waals surface area contributed by atoms with Gasteiger partial charge in [-0.1, -0.05) is 12.1 Å². The van der Waals surface area contributed by atoms with Gasteiger partial charge in [0.15, 0.2) is 0 Å². The first-order valence-electron chi connectivity index (χ1n) is 7.86. The standard InChI is InChI=1S/C18H20N2O4/c1-23-15-6-4-13(5-7-15)11-20-12-14(9-17(20)21)18(22)19-10-16-3-2-8-24-16/h2-8,14H,9-12H2,1H3,(H,19,22)/t14-/m1/s1. The summed E-state index contributed by atoms with van der Waals surface area (Å²) in [6.07, 6.45) is 1.82. The Bertz CT molecular complexity index is 694. The highest BCUT2D eigenvalue weighted by Crippen LogP contribution is 2.21. The zero-order chi connectivity index (χ0) is 16.9. The van der Waals surface area contributed by atoms with Crippen LogP contribution in [-0.4, -0.2) is 30.4 Å². The predicted molar refractivity (Wildman–Crippen MR) is 87.1 cm³/mol. The molecule has 0 bridgehead atoms. The van der Waals surface area contributed by atoms with Gasteiger partial charge in [-0.05, 0) is 29.8 Å². The predicted octanol–water partition coefficient (Wildman–Crippen LogP) is 1.95. The molecule has 2 heterocycles. The molecule has 24 heavy (non-hydrogen) atoms. The average molecular weight is 328 g/mol. The van der Waals surface area contributed by atoms with E-state index in [2.05, 4.69) is 5.32 Å². The van der Waals surface area contributed by atoms with E-state index < -0.39 is 0 Å². The van der Waals surface area contributed by atoms with Gasteiger partial charge in [0, 0.05) is 19.5 Å². The molecule has 1 saturated heterocycles. The normalized spacial score (nSPS) is 17.1. The van der Waals surface area contributed by atoms with Crippen molar-refractivity contribution in [2.24, 2.45) is 5.92 Å². The number of methoxy groups -OCH3 is 1. The molecule has 1 aromatic heterocycles. The van der Waals surface area contributed by atoms with Crippen molar-refractivity contribution in [3.8, 4) is 5.75 Å². The highest BCUT2D eigenvalue weighted by Gasteiger charge is 2.34. The number of hydrogen-bond donors (Lipinski definition) is 1. The van der Waals surface area contributed by atoms with Crippen LogP contribution in [0.25, 0.3) is 0 Å². The molecule has 1 atom stereocenters. The van der Waals surface area contributed by atoms with Crippen molar-refractivity contribution in [3.63, 3.8) is 0 Å². The summed E-state index contributed by atoms with van der Waals surface area (Å²) < 4.78 is 10.3. The first kappa shape index (κ1) is 16.1. The maximum atomic E-state index is 12.2. The van der Waals surface area contributed by atoms with Crippen LogP contribution in [-0.2, 0) is 22.7 Å². The molecule has 1 N–H and O–H groups in total. The van der Waals surface area contributed by atoms with Gasteiger partial charge in [0.05, 0.1) is 25.8 Å². The van der Waals surface area contributed by atoms with Crippen LogP contribution in [0.5, 0.6) is 5.75 Å². The number of ether oxygens (including phenoxy) is 1. The van der Waals surface area contributed by atoms with E-state index in [1.165, 1.54) is 0 Å². The lowest BCUT2D eigenvalue weighted by atomic mass is 10.1. The number of likely N-dealkylation sites (tertiary alicyclic amines) is 1. The van der Waals surface area contributed by atoms with E-state index in [1.807, 2.05) is 24.3 Å². The van der Waals surface area contributed by atoms with Crippen molar-refractivity contribution in [2.45, 2.75) is 19.5 Å². The van der Waals surface area contributed by atoms with E-state index in [0.29, 0.717) is 25.4 Å². The molecule has 0 aliphatic carbocycles. The Balaban J connectivity index is 1.53. The van der Waals surface area contributed by atoms with Crippen LogP contribution in [0.15, 0.2) is 47.1 Å². The zero-order valence-corrected chi connectivity index (χ0v) is 13.5. The second-order valence-electron chi connectivity index (χ2n) is 5.82. The third-order valence-corrected chi connectivity index (χ3v) is 4.13. The highest BCUT2D eigenvalue weighted by molar-refractivity contribution is 5.89. The average Bonchev–Trinajstić information content (AvgIpc) is 3.24. The largest absolute Gasteiger partial charge is 0.497 e. The minimum absolute atomic E-state index is 0.00367. The topological polar surface area (TPSA) is 71.8 Å². The first-order chi connectivity index (χ1) is 11.7. The molecule has 3 rings (SSSR count). The lowest BCUT2D eigenvalue weighted by molar-refractivity contribution is -0.129. The molecular formula is C18H20N2O4. The number of amides is 2. The molecule has 6 heteroatoms. The van der Waals surface area contributed by atoms with Crippen molar-refractivity contribution < 1.29 is 18.7 Å². The van der Waals surface area contributed by atoms with Gasteiger partial charge in [-0.15, -0.1) is 0 Å². The molecule has 0 radical (unpaired) electrons. The van der Waals surface area contributed by atoms with E-state index in [0.717, 1.165) is 11.3 Å². The lowest BCUT2D eigenvalue weighted by Crippen LogP contribution is -2.32. The van der Waals surface area contributed by atoms with E-state index in [9.17, 15) is 9.59 Å². The first-order valence-corrected chi connectivity index (χ1v) is 7.86. The summed E-state index contributed by atoms with van der Waals surface area (Å²) in [6, 6.07) is 11.2.